The fourth-order valence-electron chi connectivity index (χ4n) is 1.67. The third-order valence-corrected chi connectivity index (χ3v) is 4.80. The number of hydrogen-bond acceptors (Lipinski definition) is 0. The molecule has 1 fully saturated rings. The van der Waals surface area contributed by atoms with Crippen LogP contribution in [0.15, 0.2) is 30.3 Å². The van der Waals surface area contributed by atoms with Gasteiger partial charge in [-0.3, -0.25) is 0 Å². The summed E-state index contributed by atoms with van der Waals surface area (Å²) in [4.78, 5) is 0. The maximum atomic E-state index is 2.26. The molecule has 2 rings (SSSR count). The second-order valence-electron chi connectivity index (χ2n) is 3.36. The monoisotopic (exact) mass is 214 g/mol. The zero-order valence-electron chi connectivity index (χ0n) is 7.71. The van der Waals surface area contributed by atoms with E-state index in [0.717, 1.165) is 10.9 Å². The molecule has 0 spiro atoms. The van der Waals surface area contributed by atoms with Crippen molar-refractivity contribution < 1.29 is 12.4 Å². The fraction of sp³-hybridized carbons (Fsp3) is 0.455. The highest BCUT2D eigenvalue weighted by atomic mass is 35.5. The standard InChI is InChI=1S/C11H15S.ClH/c1-2-6-11(7-3-1)10-12-8-4-5-9-12;/h1-3,6-7H,4-5,8-10H2;1H/q+1;/p-1. The van der Waals surface area contributed by atoms with Gasteiger partial charge in [-0.1, -0.05) is 30.3 Å². The van der Waals surface area contributed by atoms with Crippen molar-refractivity contribution in [1.29, 1.82) is 0 Å². The maximum Gasteiger partial charge on any atom is 0.133 e. The molecule has 2 heteroatoms. The van der Waals surface area contributed by atoms with Gasteiger partial charge in [0.05, 0.1) is 0 Å². The molecule has 0 aliphatic carbocycles. The van der Waals surface area contributed by atoms with Gasteiger partial charge >= 0.3 is 0 Å². The third-order valence-electron chi connectivity index (χ3n) is 2.33. The first-order valence-electron chi connectivity index (χ1n) is 4.63. The van der Waals surface area contributed by atoms with E-state index in [0.29, 0.717) is 0 Å². The van der Waals surface area contributed by atoms with Gasteiger partial charge in [0, 0.05) is 5.56 Å². The summed E-state index contributed by atoms with van der Waals surface area (Å²) in [6.45, 7) is 0. The molecule has 1 aliphatic rings. The Morgan fingerprint density at radius 1 is 1.00 bits per heavy atom. The first kappa shape index (κ1) is 10.9. The van der Waals surface area contributed by atoms with Crippen LogP contribution in [0.4, 0.5) is 0 Å². The number of hydrogen-bond donors (Lipinski definition) is 0. The Kier molecular flexibility index (Phi) is 4.68. The number of benzene rings is 1. The molecule has 72 valence electrons. The lowest BCUT2D eigenvalue weighted by atomic mass is 10.2. The predicted octanol–water partition coefficient (Wildman–Crippen LogP) is -0.397. The minimum absolute atomic E-state index is 0. The van der Waals surface area contributed by atoms with Crippen molar-refractivity contribution in [3.63, 3.8) is 0 Å². The van der Waals surface area contributed by atoms with Crippen molar-refractivity contribution in [3.05, 3.63) is 35.9 Å². The first-order chi connectivity index (χ1) is 5.95. The van der Waals surface area contributed by atoms with Gasteiger partial charge in [0.2, 0.25) is 0 Å². The van der Waals surface area contributed by atoms with E-state index in [1.807, 2.05) is 0 Å². The molecule has 0 atom stereocenters. The molecule has 0 radical (unpaired) electrons. The van der Waals surface area contributed by atoms with Crippen molar-refractivity contribution >= 4 is 10.9 Å². The predicted molar refractivity (Wildman–Crippen MR) is 56.5 cm³/mol. The maximum absolute atomic E-state index is 2.26. The van der Waals surface area contributed by atoms with E-state index in [4.69, 9.17) is 0 Å². The van der Waals surface area contributed by atoms with E-state index in [1.54, 1.807) is 0 Å². The lowest BCUT2D eigenvalue weighted by Gasteiger charge is -1.99. The summed E-state index contributed by atoms with van der Waals surface area (Å²) in [6, 6.07) is 10.9. The summed E-state index contributed by atoms with van der Waals surface area (Å²) in [5, 5.41) is 0. The summed E-state index contributed by atoms with van der Waals surface area (Å²) < 4.78 is 0. The van der Waals surface area contributed by atoms with Crippen LogP contribution in [0.25, 0.3) is 0 Å². The highest BCUT2D eigenvalue weighted by molar-refractivity contribution is 7.96. The highest BCUT2D eigenvalue weighted by Crippen LogP contribution is 2.18. The molecule has 0 N–H and O–H groups in total. The Balaban J connectivity index is 0.000000845. The average molecular weight is 215 g/mol. The van der Waals surface area contributed by atoms with Gasteiger partial charge in [0.15, 0.2) is 0 Å². The Morgan fingerprint density at radius 3 is 2.23 bits per heavy atom. The van der Waals surface area contributed by atoms with E-state index in [2.05, 4.69) is 30.3 Å². The lowest BCUT2D eigenvalue weighted by molar-refractivity contribution is -0.00000248. The Labute approximate surface area is 89.5 Å². The zero-order chi connectivity index (χ0) is 8.23. The normalized spacial score (nSPS) is 16.9. The minimum atomic E-state index is 0. The molecule has 0 amide bonds. The van der Waals surface area contributed by atoms with Gasteiger partial charge in [0.25, 0.3) is 0 Å². The van der Waals surface area contributed by atoms with E-state index in [-0.39, 0.29) is 12.4 Å². The van der Waals surface area contributed by atoms with E-state index in [9.17, 15) is 0 Å². The molecule has 1 aromatic carbocycles. The number of rotatable bonds is 2. The zero-order valence-corrected chi connectivity index (χ0v) is 9.28. The third kappa shape index (κ3) is 3.24. The van der Waals surface area contributed by atoms with Crippen molar-refractivity contribution in [2.75, 3.05) is 11.5 Å². The Morgan fingerprint density at radius 2 is 1.62 bits per heavy atom. The van der Waals surface area contributed by atoms with Gasteiger partial charge in [-0.05, 0) is 23.7 Å². The average Bonchev–Trinajstić information content (AvgIpc) is 2.59. The van der Waals surface area contributed by atoms with Crippen LogP contribution in [0.3, 0.4) is 0 Å². The van der Waals surface area contributed by atoms with Crippen LogP contribution >= 0.6 is 0 Å². The lowest BCUT2D eigenvalue weighted by Crippen LogP contribution is -3.00. The van der Waals surface area contributed by atoms with Gasteiger partial charge in [-0.15, -0.1) is 0 Å². The first-order valence-corrected chi connectivity index (χ1v) is 6.36. The van der Waals surface area contributed by atoms with Crippen LogP contribution in [0, 0.1) is 0 Å². The second-order valence-corrected chi connectivity index (χ2v) is 5.69. The minimum Gasteiger partial charge on any atom is -1.00 e. The summed E-state index contributed by atoms with van der Waals surface area (Å²) in [5.74, 6) is 4.30. The van der Waals surface area contributed by atoms with Gasteiger partial charge in [-0.2, -0.15) is 0 Å². The molecule has 0 saturated carbocycles. The SMILES string of the molecule is [Cl-].c1ccc(C[S+]2CCCC2)cc1. The van der Waals surface area contributed by atoms with E-state index < -0.39 is 0 Å². The summed E-state index contributed by atoms with van der Waals surface area (Å²) >= 11 is 0. The van der Waals surface area contributed by atoms with Gasteiger partial charge < -0.3 is 12.4 Å². The van der Waals surface area contributed by atoms with Gasteiger partial charge in [-0.25, -0.2) is 0 Å². The van der Waals surface area contributed by atoms with Crippen LogP contribution in [-0.4, -0.2) is 11.5 Å². The van der Waals surface area contributed by atoms with Gasteiger partial charge in [0.1, 0.15) is 17.3 Å². The van der Waals surface area contributed by atoms with Crippen LogP contribution in [0.1, 0.15) is 18.4 Å². The molecule has 0 aromatic heterocycles. The largest absolute Gasteiger partial charge is 1.00 e. The molecule has 0 bridgehead atoms. The Bertz CT molecular complexity index is 229. The molecule has 1 heterocycles. The van der Waals surface area contributed by atoms with E-state index >= 15 is 0 Å². The summed E-state index contributed by atoms with van der Waals surface area (Å²) in [5.41, 5.74) is 1.53. The molecule has 1 aromatic rings. The van der Waals surface area contributed by atoms with Crippen LogP contribution in [0.2, 0.25) is 0 Å². The topological polar surface area (TPSA) is 0 Å². The second kappa shape index (κ2) is 5.56. The smallest absolute Gasteiger partial charge is 0.133 e. The van der Waals surface area contributed by atoms with Crippen LogP contribution < -0.4 is 12.4 Å². The Hall–Kier alpha value is -0.140. The molecular formula is C11H15ClS. The van der Waals surface area contributed by atoms with Crippen LogP contribution in [0.5, 0.6) is 0 Å². The molecule has 13 heavy (non-hydrogen) atoms. The van der Waals surface area contributed by atoms with Crippen molar-refractivity contribution in [3.8, 4) is 0 Å². The van der Waals surface area contributed by atoms with Crippen molar-refractivity contribution in [2.45, 2.75) is 18.6 Å². The molecule has 0 unspecified atom stereocenters. The van der Waals surface area contributed by atoms with Crippen molar-refractivity contribution in [2.24, 2.45) is 0 Å². The number of halogens is 1. The fourth-order valence-corrected chi connectivity index (χ4v) is 4.05. The summed E-state index contributed by atoms with van der Waals surface area (Å²) in [7, 11) is 0.722. The molecule has 0 nitrogen and oxygen atoms in total. The molecule has 1 aliphatic heterocycles. The quantitative estimate of drug-likeness (QED) is 0.588. The van der Waals surface area contributed by atoms with Crippen molar-refractivity contribution in [1.82, 2.24) is 0 Å². The molecular weight excluding hydrogens is 200 g/mol. The highest BCUT2D eigenvalue weighted by Gasteiger charge is 2.23. The van der Waals surface area contributed by atoms with Crippen LogP contribution in [-0.2, 0) is 16.6 Å². The molecule has 1 saturated heterocycles. The van der Waals surface area contributed by atoms with E-state index in [1.165, 1.54) is 35.7 Å². The summed E-state index contributed by atoms with van der Waals surface area (Å²) in [6.07, 6.45) is 2.94.